The van der Waals surface area contributed by atoms with E-state index in [-0.39, 0.29) is 0 Å². The Labute approximate surface area is 56.4 Å². The first-order valence-electron chi connectivity index (χ1n) is 3.70. The van der Waals surface area contributed by atoms with E-state index >= 15 is 0 Å². The lowest BCUT2D eigenvalue weighted by molar-refractivity contribution is 0.516. The quantitative estimate of drug-likeness (QED) is 0.347. The molecule has 3 unspecified atom stereocenters. The van der Waals surface area contributed by atoms with E-state index in [1.807, 2.05) is 0 Å². The van der Waals surface area contributed by atoms with Gasteiger partial charge in [-0.15, -0.1) is 0 Å². The van der Waals surface area contributed by atoms with E-state index in [1.54, 1.807) is 5.57 Å². The Bertz CT molecular complexity index is 160. The minimum Gasteiger partial charge on any atom is -0.291 e. The number of hydrogen-bond donors (Lipinski definition) is 0. The average Bonchev–Trinajstić information content (AvgIpc) is 2.43. The van der Waals surface area contributed by atoms with Gasteiger partial charge in [-0.25, -0.2) is 0 Å². The van der Waals surface area contributed by atoms with Crippen molar-refractivity contribution in [2.24, 2.45) is 0 Å². The number of nitrogens with zero attached hydrogens (tertiary/aromatic N) is 1. The van der Waals surface area contributed by atoms with Crippen LogP contribution < -0.4 is 0 Å². The zero-order valence-corrected chi connectivity index (χ0v) is 6.09. The van der Waals surface area contributed by atoms with Crippen molar-refractivity contribution in [1.29, 1.82) is 0 Å². The smallest absolute Gasteiger partial charge is 0.0292 e. The molecule has 0 aromatic heterocycles. The van der Waals surface area contributed by atoms with Crippen LogP contribution in [0.25, 0.3) is 0 Å². The molecule has 9 heavy (non-hydrogen) atoms. The van der Waals surface area contributed by atoms with Crippen molar-refractivity contribution in [3.8, 4) is 0 Å². The SMILES string of the molecule is CC1=CCN2C(C)C2C1. The van der Waals surface area contributed by atoms with Crippen LogP contribution in [0.4, 0.5) is 0 Å². The van der Waals surface area contributed by atoms with E-state index in [0.29, 0.717) is 0 Å². The van der Waals surface area contributed by atoms with E-state index in [4.69, 9.17) is 0 Å². The third kappa shape index (κ3) is 0.715. The highest BCUT2D eigenvalue weighted by atomic mass is 15.3. The Morgan fingerprint density at radius 3 is 3.00 bits per heavy atom. The molecular formula is C8H13N. The topological polar surface area (TPSA) is 3.01 Å². The molecule has 0 spiro atoms. The van der Waals surface area contributed by atoms with Gasteiger partial charge in [0, 0.05) is 18.6 Å². The molecule has 2 rings (SSSR count). The molecular weight excluding hydrogens is 110 g/mol. The molecule has 2 aliphatic heterocycles. The molecule has 3 atom stereocenters. The van der Waals surface area contributed by atoms with Gasteiger partial charge in [-0.05, 0) is 20.3 Å². The molecule has 0 aromatic carbocycles. The first-order chi connectivity index (χ1) is 4.29. The molecule has 2 aliphatic rings. The monoisotopic (exact) mass is 123 g/mol. The lowest BCUT2D eigenvalue weighted by Crippen LogP contribution is -2.07. The Hall–Kier alpha value is -0.300. The van der Waals surface area contributed by atoms with Crippen molar-refractivity contribution in [3.05, 3.63) is 11.6 Å². The van der Waals surface area contributed by atoms with Crippen LogP contribution >= 0.6 is 0 Å². The molecule has 0 saturated carbocycles. The second kappa shape index (κ2) is 1.60. The molecule has 0 amide bonds. The van der Waals surface area contributed by atoms with Crippen molar-refractivity contribution >= 4 is 0 Å². The van der Waals surface area contributed by atoms with Gasteiger partial charge in [0.15, 0.2) is 0 Å². The van der Waals surface area contributed by atoms with Crippen molar-refractivity contribution < 1.29 is 0 Å². The van der Waals surface area contributed by atoms with E-state index in [1.165, 1.54) is 13.0 Å². The summed E-state index contributed by atoms with van der Waals surface area (Å²) in [5.74, 6) is 0. The highest BCUT2D eigenvalue weighted by molar-refractivity contribution is 5.17. The third-order valence-electron chi connectivity index (χ3n) is 2.60. The zero-order valence-electron chi connectivity index (χ0n) is 6.09. The van der Waals surface area contributed by atoms with E-state index in [9.17, 15) is 0 Å². The van der Waals surface area contributed by atoms with Gasteiger partial charge in [0.05, 0.1) is 0 Å². The van der Waals surface area contributed by atoms with Crippen molar-refractivity contribution in [1.82, 2.24) is 4.90 Å². The van der Waals surface area contributed by atoms with Gasteiger partial charge in [0.2, 0.25) is 0 Å². The Kier molecular flexibility index (Phi) is 0.974. The van der Waals surface area contributed by atoms with Gasteiger partial charge in [-0.3, -0.25) is 4.90 Å². The summed E-state index contributed by atoms with van der Waals surface area (Å²) >= 11 is 0. The van der Waals surface area contributed by atoms with Crippen molar-refractivity contribution in [3.63, 3.8) is 0 Å². The summed E-state index contributed by atoms with van der Waals surface area (Å²) in [6.07, 6.45) is 3.67. The molecule has 0 radical (unpaired) electrons. The Morgan fingerprint density at radius 2 is 2.44 bits per heavy atom. The molecule has 0 aliphatic carbocycles. The van der Waals surface area contributed by atoms with Crippen molar-refractivity contribution in [2.75, 3.05) is 6.54 Å². The molecule has 1 nitrogen and oxygen atoms in total. The zero-order chi connectivity index (χ0) is 6.43. The molecule has 0 aromatic rings. The first kappa shape index (κ1) is 5.48. The van der Waals surface area contributed by atoms with Crippen LogP contribution in [0.2, 0.25) is 0 Å². The summed E-state index contributed by atoms with van der Waals surface area (Å²) in [5.41, 5.74) is 1.58. The van der Waals surface area contributed by atoms with Gasteiger partial charge < -0.3 is 0 Å². The standard InChI is InChI=1S/C8H13N/c1-6-3-4-9-7(2)8(9)5-6/h3,7-8H,4-5H2,1-2H3. The van der Waals surface area contributed by atoms with Gasteiger partial charge in [-0.1, -0.05) is 11.6 Å². The minimum absolute atomic E-state index is 0.874. The van der Waals surface area contributed by atoms with E-state index in [0.717, 1.165) is 12.1 Å². The van der Waals surface area contributed by atoms with Gasteiger partial charge in [-0.2, -0.15) is 0 Å². The van der Waals surface area contributed by atoms with Crippen LogP contribution in [0.1, 0.15) is 20.3 Å². The molecule has 0 N–H and O–H groups in total. The normalized spacial score (nSPS) is 47.8. The number of fused-ring (bicyclic) bond motifs is 1. The lowest BCUT2D eigenvalue weighted by Gasteiger charge is -2.07. The Morgan fingerprint density at radius 1 is 1.67 bits per heavy atom. The first-order valence-corrected chi connectivity index (χ1v) is 3.70. The van der Waals surface area contributed by atoms with Crippen LogP contribution in [0.15, 0.2) is 11.6 Å². The highest BCUT2D eigenvalue weighted by Crippen LogP contribution is 2.35. The van der Waals surface area contributed by atoms with Crippen LogP contribution in [-0.2, 0) is 0 Å². The van der Waals surface area contributed by atoms with Gasteiger partial charge in [0.25, 0.3) is 0 Å². The van der Waals surface area contributed by atoms with Crippen molar-refractivity contribution in [2.45, 2.75) is 32.4 Å². The summed E-state index contributed by atoms with van der Waals surface area (Å²) in [7, 11) is 0. The van der Waals surface area contributed by atoms with Crippen LogP contribution in [0, 0.1) is 0 Å². The summed E-state index contributed by atoms with van der Waals surface area (Å²) in [6.45, 7) is 5.76. The number of rotatable bonds is 0. The molecule has 1 heteroatoms. The van der Waals surface area contributed by atoms with Crippen LogP contribution in [0.5, 0.6) is 0 Å². The fourth-order valence-electron chi connectivity index (χ4n) is 1.74. The largest absolute Gasteiger partial charge is 0.291 e. The van der Waals surface area contributed by atoms with Crippen LogP contribution in [-0.4, -0.2) is 23.5 Å². The fourth-order valence-corrected chi connectivity index (χ4v) is 1.74. The number of hydrogen-bond acceptors (Lipinski definition) is 1. The predicted octanol–water partition coefficient (Wildman–Crippen LogP) is 1.41. The second-order valence-corrected chi connectivity index (χ2v) is 3.26. The minimum atomic E-state index is 0.874. The predicted molar refractivity (Wildman–Crippen MR) is 38.3 cm³/mol. The molecule has 1 fully saturated rings. The van der Waals surface area contributed by atoms with E-state index in [2.05, 4.69) is 24.8 Å². The summed E-state index contributed by atoms with van der Waals surface area (Å²) in [6, 6.07) is 1.79. The maximum Gasteiger partial charge on any atom is 0.0292 e. The summed E-state index contributed by atoms with van der Waals surface area (Å²) in [5, 5.41) is 0. The third-order valence-corrected chi connectivity index (χ3v) is 2.60. The van der Waals surface area contributed by atoms with Gasteiger partial charge >= 0.3 is 0 Å². The fraction of sp³-hybridized carbons (Fsp3) is 0.750. The molecule has 1 saturated heterocycles. The van der Waals surface area contributed by atoms with Gasteiger partial charge in [0.1, 0.15) is 0 Å². The molecule has 50 valence electrons. The van der Waals surface area contributed by atoms with E-state index < -0.39 is 0 Å². The summed E-state index contributed by atoms with van der Waals surface area (Å²) < 4.78 is 0. The molecule has 0 bridgehead atoms. The van der Waals surface area contributed by atoms with Crippen LogP contribution in [0.3, 0.4) is 0 Å². The molecule has 2 heterocycles. The second-order valence-electron chi connectivity index (χ2n) is 3.26. The average molecular weight is 123 g/mol. The summed E-state index contributed by atoms with van der Waals surface area (Å²) in [4.78, 5) is 2.53. The highest BCUT2D eigenvalue weighted by Gasteiger charge is 2.44. The maximum absolute atomic E-state index is 2.53. The Balaban J connectivity index is 2.08. The lowest BCUT2D eigenvalue weighted by atomic mass is 10.1. The maximum atomic E-state index is 2.53.